The lowest BCUT2D eigenvalue weighted by molar-refractivity contribution is 0.714. The van der Waals surface area contributed by atoms with Gasteiger partial charge in [-0.1, -0.05) is 33.8 Å². The van der Waals surface area contributed by atoms with Crippen molar-refractivity contribution in [2.24, 2.45) is 0 Å². The van der Waals surface area contributed by atoms with Crippen LogP contribution in [0.5, 0.6) is 0 Å². The van der Waals surface area contributed by atoms with Crippen LogP contribution in [-0.4, -0.2) is 0 Å². The molecule has 60 valence electrons. The Hall–Kier alpha value is -0.480. The summed E-state index contributed by atoms with van der Waals surface area (Å²) in [6.45, 7) is 7.88. The Morgan fingerprint density at radius 3 is 2.40 bits per heavy atom. The van der Waals surface area contributed by atoms with Crippen LogP contribution in [0.3, 0.4) is 0 Å². The Morgan fingerprint density at radius 2 is 2.00 bits per heavy atom. The Balaban J connectivity index is 0. The molecule has 0 radical (unpaired) electrons. The van der Waals surface area contributed by atoms with E-state index < -0.39 is 0 Å². The minimum atomic E-state index is 0. The number of unbranched alkanes of at least 4 members (excludes halogenated alkanes) is 2. The van der Waals surface area contributed by atoms with Crippen LogP contribution in [0.25, 0.3) is 0 Å². The summed E-state index contributed by atoms with van der Waals surface area (Å²) in [7, 11) is 0. The van der Waals surface area contributed by atoms with Crippen molar-refractivity contribution < 1.29 is 0 Å². The zero-order valence-corrected chi connectivity index (χ0v) is 6.54. The lowest BCUT2D eigenvalue weighted by Crippen LogP contribution is -1.75. The summed E-state index contributed by atoms with van der Waals surface area (Å²) in [5, 5.41) is 0. The molecular formula is C10H20. The van der Waals surface area contributed by atoms with Crippen LogP contribution >= 0.6 is 0 Å². The third kappa shape index (κ3) is 7.52. The molecule has 0 bridgehead atoms. The van der Waals surface area contributed by atoms with Gasteiger partial charge in [-0.2, -0.15) is 0 Å². The minimum absolute atomic E-state index is 0. The van der Waals surface area contributed by atoms with Gasteiger partial charge in [-0.25, -0.2) is 0 Å². The van der Waals surface area contributed by atoms with Crippen LogP contribution in [0.2, 0.25) is 0 Å². The van der Waals surface area contributed by atoms with Crippen LogP contribution in [0.4, 0.5) is 0 Å². The molecule has 0 aliphatic rings. The maximum Gasteiger partial charge on any atom is -0.0247 e. The first-order chi connectivity index (χ1) is 4.31. The van der Waals surface area contributed by atoms with Gasteiger partial charge in [0.1, 0.15) is 0 Å². The van der Waals surface area contributed by atoms with E-state index in [1.165, 1.54) is 31.3 Å². The summed E-state index contributed by atoms with van der Waals surface area (Å²) in [5.74, 6) is 0. The Morgan fingerprint density at radius 1 is 1.40 bits per heavy atom. The van der Waals surface area contributed by atoms with Crippen molar-refractivity contribution in [1.82, 2.24) is 0 Å². The summed E-state index contributed by atoms with van der Waals surface area (Å²) >= 11 is 0. The summed E-state index contributed by atoms with van der Waals surface area (Å²) < 4.78 is 0. The van der Waals surface area contributed by atoms with E-state index in [2.05, 4.69) is 26.2 Å². The molecule has 0 atom stereocenters. The van der Waals surface area contributed by atoms with Crippen molar-refractivity contribution in [2.45, 2.75) is 47.0 Å². The van der Waals surface area contributed by atoms with Gasteiger partial charge in [-0.3, -0.25) is 0 Å². The molecule has 0 amide bonds. The third-order valence-corrected chi connectivity index (χ3v) is 1.46. The first-order valence-electron chi connectivity index (χ1n) is 3.66. The van der Waals surface area contributed by atoms with Gasteiger partial charge in [-0.15, -0.1) is 5.73 Å². The van der Waals surface area contributed by atoms with Crippen molar-refractivity contribution in [2.75, 3.05) is 0 Å². The minimum Gasteiger partial charge on any atom is -0.130 e. The van der Waals surface area contributed by atoms with Crippen molar-refractivity contribution in [3.63, 3.8) is 0 Å². The molecule has 0 nitrogen and oxygen atoms in total. The van der Waals surface area contributed by atoms with Crippen LogP contribution < -0.4 is 0 Å². The van der Waals surface area contributed by atoms with Crippen LogP contribution in [-0.2, 0) is 0 Å². The number of rotatable bonds is 4. The van der Waals surface area contributed by atoms with E-state index in [0.717, 1.165) is 0 Å². The third-order valence-electron chi connectivity index (χ3n) is 1.46. The summed E-state index contributed by atoms with van der Waals surface area (Å²) in [5.41, 5.74) is 4.19. The highest BCUT2D eigenvalue weighted by Crippen LogP contribution is 2.05. The fourth-order valence-electron chi connectivity index (χ4n) is 0.729. The fourth-order valence-corrected chi connectivity index (χ4v) is 0.729. The van der Waals surface area contributed by atoms with E-state index >= 15 is 0 Å². The number of allylic oxidation sites excluding steroid dienone is 1. The zero-order valence-electron chi connectivity index (χ0n) is 6.54. The Kier molecular flexibility index (Phi) is 10.4. The van der Waals surface area contributed by atoms with E-state index in [0.29, 0.717) is 0 Å². The van der Waals surface area contributed by atoms with Gasteiger partial charge in [0, 0.05) is 0 Å². The lowest BCUT2D eigenvalue weighted by atomic mass is 10.1. The molecule has 0 heteroatoms. The molecule has 0 aliphatic carbocycles. The smallest absolute Gasteiger partial charge is 0.0247 e. The quantitative estimate of drug-likeness (QED) is 0.410. The van der Waals surface area contributed by atoms with Crippen molar-refractivity contribution in [1.29, 1.82) is 0 Å². The second-order valence-corrected chi connectivity index (χ2v) is 2.41. The van der Waals surface area contributed by atoms with Crippen molar-refractivity contribution >= 4 is 0 Å². The van der Waals surface area contributed by atoms with E-state index in [1.807, 2.05) is 0 Å². The molecule has 0 aromatic rings. The maximum atomic E-state index is 3.58. The van der Waals surface area contributed by atoms with E-state index in [-0.39, 0.29) is 7.43 Å². The second kappa shape index (κ2) is 8.52. The number of hydrogen-bond donors (Lipinski definition) is 0. The van der Waals surface area contributed by atoms with Crippen molar-refractivity contribution in [3.05, 3.63) is 17.9 Å². The Labute approximate surface area is 65.7 Å². The normalized spacial score (nSPS) is 7.80. The SMILES string of the molecule is C.C=C=C(C)CCCCC. The molecule has 0 rings (SSSR count). The molecule has 0 aromatic carbocycles. The molecule has 0 spiro atoms. The highest BCUT2D eigenvalue weighted by molar-refractivity contribution is 4.93. The Bertz CT molecular complexity index is 105. The summed E-state index contributed by atoms with van der Waals surface area (Å²) in [6, 6.07) is 0. The first kappa shape index (κ1) is 12.2. The lowest BCUT2D eigenvalue weighted by Gasteiger charge is -1.94. The van der Waals surface area contributed by atoms with Gasteiger partial charge in [0.05, 0.1) is 0 Å². The van der Waals surface area contributed by atoms with Gasteiger partial charge in [0.15, 0.2) is 0 Å². The predicted molar refractivity (Wildman–Crippen MR) is 49.2 cm³/mol. The predicted octanol–water partition coefficient (Wildman–Crippen LogP) is 3.93. The van der Waals surface area contributed by atoms with Crippen molar-refractivity contribution in [3.8, 4) is 0 Å². The maximum absolute atomic E-state index is 3.58. The average molecular weight is 140 g/mol. The fraction of sp³-hybridized carbons (Fsp3) is 0.700. The number of hydrogen-bond acceptors (Lipinski definition) is 0. The molecule has 10 heavy (non-hydrogen) atoms. The van der Waals surface area contributed by atoms with Crippen LogP contribution in [0.1, 0.15) is 47.0 Å². The molecular weight excluding hydrogens is 120 g/mol. The van der Waals surface area contributed by atoms with Gasteiger partial charge in [0.25, 0.3) is 0 Å². The monoisotopic (exact) mass is 140 g/mol. The summed E-state index contributed by atoms with van der Waals surface area (Å²) in [6.07, 6.45) is 5.10. The van der Waals surface area contributed by atoms with Gasteiger partial charge >= 0.3 is 0 Å². The van der Waals surface area contributed by atoms with Crippen LogP contribution in [0, 0.1) is 0 Å². The molecule has 0 aromatic heterocycles. The molecule has 0 heterocycles. The van der Waals surface area contributed by atoms with Gasteiger partial charge in [0.2, 0.25) is 0 Å². The van der Waals surface area contributed by atoms with E-state index in [4.69, 9.17) is 0 Å². The molecule has 0 saturated heterocycles. The van der Waals surface area contributed by atoms with E-state index in [1.54, 1.807) is 0 Å². The van der Waals surface area contributed by atoms with E-state index in [9.17, 15) is 0 Å². The highest BCUT2D eigenvalue weighted by Gasteiger charge is 1.86. The van der Waals surface area contributed by atoms with Gasteiger partial charge < -0.3 is 0 Å². The van der Waals surface area contributed by atoms with Crippen LogP contribution in [0.15, 0.2) is 17.9 Å². The molecule has 0 unspecified atom stereocenters. The average Bonchev–Trinajstić information content (AvgIpc) is 1.89. The topological polar surface area (TPSA) is 0 Å². The molecule has 0 saturated carbocycles. The van der Waals surface area contributed by atoms with Gasteiger partial charge in [-0.05, 0) is 25.3 Å². The molecule has 0 aliphatic heterocycles. The first-order valence-corrected chi connectivity index (χ1v) is 3.66. The molecule has 0 N–H and O–H groups in total. The summed E-state index contributed by atoms with van der Waals surface area (Å²) in [4.78, 5) is 0. The largest absolute Gasteiger partial charge is 0.130 e. The molecule has 0 fully saturated rings. The highest BCUT2D eigenvalue weighted by atomic mass is 13.9. The zero-order chi connectivity index (χ0) is 7.11. The standard InChI is InChI=1S/C9H16.CH4/c1-4-6-7-8-9(3)5-2;/h2,4,6-8H2,1,3H3;1H4. The second-order valence-electron chi connectivity index (χ2n) is 2.41.